The Morgan fingerprint density at radius 1 is 1.04 bits per heavy atom. The predicted octanol–water partition coefficient (Wildman–Crippen LogP) is 5.01. The Bertz CT molecular complexity index is 817. The highest BCUT2D eigenvalue weighted by atomic mass is 35.5. The molecule has 0 bridgehead atoms. The van der Waals surface area contributed by atoms with Gasteiger partial charge in [0.25, 0.3) is 5.60 Å². The second-order valence-corrected chi connectivity index (χ2v) is 6.50. The highest BCUT2D eigenvalue weighted by Crippen LogP contribution is 2.63. The third-order valence-corrected chi connectivity index (χ3v) is 5.21. The van der Waals surface area contributed by atoms with Gasteiger partial charge in [-0.25, -0.2) is 0 Å². The maximum atomic E-state index is 14.3. The molecule has 3 nitrogen and oxygen atoms in total. The molecule has 7 heteroatoms. The van der Waals surface area contributed by atoms with Gasteiger partial charge in [0, 0.05) is 10.6 Å². The lowest BCUT2D eigenvalue weighted by Crippen LogP contribution is -2.73. The summed E-state index contributed by atoms with van der Waals surface area (Å²) >= 11 is 5.82. The van der Waals surface area contributed by atoms with E-state index in [2.05, 4.69) is 0 Å². The zero-order valence-corrected chi connectivity index (χ0v) is 14.8. The average Bonchev–Trinajstić information content (AvgIpc) is 2.60. The van der Waals surface area contributed by atoms with Gasteiger partial charge in [-0.3, -0.25) is 4.79 Å². The maximum absolute atomic E-state index is 14.3. The Kier molecular flexibility index (Phi) is 4.43. The number of cyclic esters (lactones) is 1. The smallest absolute Gasteiger partial charge is 0.434 e. The fraction of sp³-hybridized carbons (Fsp3) is 0.316. The van der Waals surface area contributed by atoms with E-state index in [9.17, 15) is 18.0 Å². The first kappa shape index (κ1) is 18.6. The molecule has 1 aliphatic rings. The number of carbonyl (C=O) groups excluding carboxylic acids is 1. The summed E-state index contributed by atoms with van der Waals surface area (Å²) in [6.07, 6.45) is -4.90. The van der Waals surface area contributed by atoms with Gasteiger partial charge in [-0.1, -0.05) is 42.8 Å². The number of benzene rings is 2. The van der Waals surface area contributed by atoms with Crippen LogP contribution in [0.4, 0.5) is 13.2 Å². The van der Waals surface area contributed by atoms with Gasteiger partial charge in [0.05, 0.1) is 7.11 Å². The van der Waals surface area contributed by atoms with Gasteiger partial charge in [-0.05, 0) is 36.2 Å². The molecule has 0 aliphatic carbocycles. The van der Waals surface area contributed by atoms with Gasteiger partial charge >= 0.3 is 12.1 Å². The number of rotatable bonds is 4. The van der Waals surface area contributed by atoms with E-state index in [1.807, 2.05) is 0 Å². The summed E-state index contributed by atoms with van der Waals surface area (Å²) in [5, 5.41) is 0.295. The molecule has 3 rings (SSSR count). The number of carbonyl (C=O) groups is 1. The molecule has 1 saturated heterocycles. The van der Waals surface area contributed by atoms with Crippen LogP contribution in [0.3, 0.4) is 0 Å². The van der Waals surface area contributed by atoms with Crippen LogP contribution in [0.1, 0.15) is 24.5 Å². The van der Waals surface area contributed by atoms with Crippen LogP contribution in [0, 0.1) is 0 Å². The molecule has 2 atom stereocenters. The van der Waals surface area contributed by atoms with E-state index in [4.69, 9.17) is 21.1 Å². The molecule has 0 aromatic heterocycles. The number of methoxy groups -OCH3 is 1. The van der Waals surface area contributed by atoms with Gasteiger partial charge in [-0.15, -0.1) is 0 Å². The van der Waals surface area contributed by atoms with Gasteiger partial charge in [-0.2, -0.15) is 13.2 Å². The minimum Gasteiger partial charge on any atom is -0.497 e. The van der Waals surface area contributed by atoms with Crippen molar-refractivity contribution < 1.29 is 27.4 Å². The minimum atomic E-state index is -4.81. The molecule has 1 heterocycles. The topological polar surface area (TPSA) is 35.5 Å². The van der Waals surface area contributed by atoms with Gasteiger partial charge < -0.3 is 9.47 Å². The molecule has 26 heavy (non-hydrogen) atoms. The van der Waals surface area contributed by atoms with Crippen molar-refractivity contribution in [2.75, 3.05) is 7.11 Å². The lowest BCUT2D eigenvalue weighted by Gasteiger charge is -2.56. The summed E-state index contributed by atoms with van der Waals surface area (Å²) in [5.74, 6) is -0.422. The Balaban J connectivity index is 2.26. The van der Waals surface area contributed by atoms with E-state index >= 15 is 0 Å². The molecule has 2 aromatic rings. The number of alkyl halides is 3. The van der Waals surface area contributed by atoms with E-state index < -0.39 is 23.2 Å². The van der Waals surface area contributed by atoms with E-state index in [1.54, 1.807) is 6.92 Å². The number of ether oxygens (including phenoxy) is 2. The summed E-state index contributed by atoms with van der Waals surface area (Å²) in [4.78, 5) is 12.5. The summed E-state index contributed by atoms with van der Waals surface area (Å²) < 4.78 is 52.8. The zero-order chi connectivity index (χ0) is 19.2. The van der Waals surface area contributed by atoms with Crippen molar-refractivity contribution in [3.63, 3.8) is 0 Å². The normalized spacial score (nSPS) is 25.4. The number of hydrogen-bond donors (Lipinski definition) is 0. The van der Waals surface area contributed by atoms with Gasteiger partial charge in [0.15, 0.2) is 0 Å². The maximum Gasteiger partial charge on any atom is 0.434 e. The van der Waals surface area contributed by atoms with Gasteiger partial charge in [0.1, 0.15) is 11.2 Å². The van der Waals surface area contributed by atoms with Crippen molar-refractivity contribution in [2.24, 2.45) is 0 Å². The van der Waals surface area contributed by atoms with Crippen molar-refractivity contribution in [3.8, 4) is 5.75 Å². The number of esters is 1. The molecule has 0 N–H and O–H groups in total. The third-order valence-electron chi connectivity index (χ3n) is 4.96. The highest BCUT2D eigenvalue weighted by molar-refractivity contribution is 6.30. The molecule has 0 radical (unpaired) electrons. The first-order chi connectivity index (χ1) is 12.2. The summed E-state index contributed by atoms with van der Waals surface area (Å²) in [6.45, 7) is 1.54. The monoisotopic (exact) mass is 384 g/mol. The minimum absolute atomic E-state index is 0.0830. The number of hydrogen-bond acceptors (Lipinski definition) is 3. The molecule has 138 valence electrons. The lowest BCUT2D eigenvalue weighted by molar-refractivity contribution is -0.341. The second kappa shape index (κ2) is 6.20. The van der Waals surface area contributed by atoms with E-state index in [-0.39, 0.29) is 17.5 Å². The summed E-state index contributed by atoms with van der Waals surface area (Å²) in [6, 6.07) is 11.2. The highest BCUT2D eigenvalue weighted by Gasteiger charge is 2.81. The number of halogens is 4. The Hall–Kier alpha value is -2.21. The molecule has 1 aliphatic heterocycles. The van der Waals surface area contributed by atoms with Crippen molar-refractivity contribution in [2.45, 2.75) is 30.5 Å². The fourth-order valence-corrected chi connectivity index (χ4v) is 3.78. The molecular formula is C19H16ClF3O3. The Labute approximate surface area is 153 Å². The van der Waals surface area contributed by atoms with E-state index in [0.717, 1.165) is 0 Å². The van der Waals surface area contributed by atoms with Crippen molar-refractivity contribution in [3.05, 3.63) is 64.7 Å². The molecule has 0 amide bonds. The summed E-state index contributed by atoms with van der Waals surface area (Å²) in [7, 11) is 1.45. The molecule has 2 aromatic carbocycles. The molecule has 0 spiro atoms. The van der Waals surface area contributed by atoms with Crippen LogP contribution in [0.5, 0.6) is 5.75 Å². The largest absolute Gasteiger partial charge is 0.497 e. The van der Waals surface area contributed by atoms with Gasteiger partial charge in [0.2, 0.25) is 0 Å². The fourth-order valence-electron chi connectivity index (χ4n) is 3.66. The molecular weight excluding hydrogens is 369 g/mol. The predicted molar refractivity (Wildman–Crippen MR) is 90.2 cm³/mol. The second-order valence-electron chi connectivity index (χ2n) is 6.06. The first-order valence-corrected chi connectivity index (χ1v) is 8.31. The molecule has 0 unspecified atom stereocenters. The van der Waals surface area contributed by atoms with Crippen molar-refractivity contribution >= 4 is 17.6 Å². The Morgan fingerprint density at radius 2 is 1.58 bits per heavy atom. The van der Waals surface area contributed by atoms with Crippen LogP contribution in [0.15, 0.2) is 48.5 Å². The summed E-state index contributed by atoms with van der Waals surface area (Å²) in [5.41, 5.74) is -4.59. The quantitative estimate of drug-likeness (QED) is 0.695. The third kappa shape index (κ3) is 2.31. The van der Waals surface area contributed by atoms with E-state index in [0.29, 0.717) is 10.8 Å². The molecule has 0 saturated carbocycles. The van der Waals surface area contributed by atoms with Crippen LogP contribution in [-0.4, -0.2) is 19.3 Å². The van der Waals surface area contributed by atoms with Crippen LogP contribution in [-0.2, 0) is 20.5 Å². The van der Waals surface area contributed by atoms with Crippen molar-refractivity contribution in [1.29, 1.82) is 0 Å². The lowest BCUT2D eigenvalue weighted by atomic mass is 9.58. The van der Waals surface area contributed by atoms with Crippen LogP contribution in [0.25, 0.3) is 0 Å². The van der Waals surface area contributed by atoms with E-state index in [1.165, 1.54) is 55.6 Å². The van der Waals surface area contributed by atoms with Crippen LogP contribution >= 0.6 is 11.6 Å². The molecule has 1 fully saturated rings. The zero-order valence-electron chi connectivity index (χ0n) is 14.1. The average molecular weight is 385 g/mol. The van der Waals surface area contributed by atoms with Crippen LogP contribution in [0.2, 0.25) is 5.02 Å². The standard InChI is InChI=1S/C19H16ClF3O3/c1-3-17(12-6-10-15(25-2)11-7-12)16(24)26-18(17,19(21,22)23)13-4-8-14(20)9-5-13/h4-11H,3H2,1-2H3/t17-,18+/m1/s1. The van der Waals surface area contributed by atoms with Crippen LogP contribution < -0.4 is 4.74 Å². The first-order valence-electron chi connectivity index (χ1n) is 7.93. The van der Waals surface area contributed by atoms with Crippen molar-refractivity contribution in [1.82, 2.24) is 0 Å². The Morgan fingerprint density at radius 3 is 2.00 bits per heavy atom. The SMILES string of the molecule is CC[C@@]1(c2ccc(OC)cc2)C(=O)O[C@]1(c1ccc(Cl)cc1)C(F)(F)F.